The fourth-order valence-corrected chi connectivity index (χ4v) is 1.49. The molecule has 20 heavy (non-hydrogen) atoms. The monoisotopic (exact) mass is 329 g/mol. The maximum Gasteiger partial charge on any atom is 1.00 e. The number of anilines is 1. The number of benzene rings is 1. The molecule has 0 aliphatic heterocycles. The van der Waals surface area contributed by atoms with Crippen LogP contribution < -0.4 is 123 Å². The van der Waals surface area contributed by atoms with Gasteiger partial charge in [0.15, 0.2) is 0 Å². The van der Waals surface area contributed by atoms with E-state index in [9.17, 15) is 19.8 Å². The molecule has 8 heteroatoms. The van der Waals surface area contributed by atoms with Crippen molar-refractivity contribution in [2.75, 3.05) is 18.6 Å². The van der Waals surface area contributed by atoms with Crippen LogP contribution in [0, 0.1) is 0 Å². The molecule has 6 nitrogen and oxygen atoms in total. The van der Waals surface area contributed by atoms with Crippen LogP contribution in [0.5, 0.6) is 5.75 Å². The summed E-state index contributed by atoms with van der Waals surface area (Å²) in [6.07, 6.45) is 0. The van der Waals surface area contributed by atoms with Gasteiger partial charge < -0.3 is 29.4 Å². The maximum absolute atomic E-state index is 10.8. The van der Waals surface area contributed by atoms with Gasteiger partial charge in [0.2, 0.25) is 0 Å². The molecule has 0 heterocycles. The zero-order valence-corrected chi connectivity index (χ0v) is 18.3. The number of carboxylic acids is 2. The molecule has 0 amide bonds. The van der Waals surface area contributed by atoms with E-state index in [0.29, 0.717) is 11.4 Å². The molecular weight excluding hydrogens is 316 g/mol. The van der Waals surface area contributed by atoms with Crippen LogP contribution in [0.2, 0.25) is 0 Å². The summed E-state index contributed by atoms with van der Waals surface area (Å²) < 4.78 is 4.96. The smallest absolute Gasteiger partial charge is 0.548 e. The third kappa shape index (κ3) is 7.34. The van der Waals surface area contributed by atoms with Crippen LogP contribution in [-0.2, 0) is 9.59 Å². The van der Waals surface area contributed by atoms with E-state index in [4.69, 9.17) is 4.74 Å². The molecule has 0 N–H and O–H groups in total. The van der Waals surface area contributed by atoms with E-state index < -0.39 is 24.5 Å². The van der Waals surface area contributed by atoms with Crippen LogP contribution in [0.15, 0.2) is 24.3 Å². The molecule has 98 valence electrons. The SMILES string of the molecule is COc1ccc(N(CC(=O)[O-])C(C)C(=O)[O-])cc1.[K+].[K+]. The standard InChI is InChI=1S/C12H15NO5.2K/c1-8(12(16)17)13(7-11(14)15)9-3-5-10(18-2)6-4-9;;/h3-6,8H,7H2,1-2H3,(H,14,15)(H,16,17);;/q;2*+1/p-2. The molecule has 1 aromatic carbocycles. The molecule has 0 aliphatic carbocycles. The number of ether oxygens (including phenoxy) is 1. The normalized spacial score (nSPS) is 10.5. The van der Waals surface area contributed by atoms with Crippen LogP contribution in [-0.4, -0.2) is 31.6 Å². The van der Waals surface area contributed by atoms with E-state index in [1.165, 1.54) is 18.9 Å². The molecule has 0 aromatic heterocycles. The molecule has 0 aliphatic rings. The minimum atomic E-state index is -1.36. The Morgan fingerprint density at radius 2 is 1.70 bits per heavy atom. The molecule has 0 saturated heterocycles. The van der Waals surface area contributed by atoms with E-state index in [-0.39, 0.29) is 103 Å². The number of nitrogens with zero attached hydrogens (tertiary/aromatic N) is 1. The molecule has 0 bridgehead atoms. The molecule has 1 atom stereocenters. The van der Waals surface area contributed by atoms with E-state index in [2.05, 4.69) is 0 Å². The molecule has 0 fully saturated rings. The Bertz CT molecular complexity index is 438. The van der Waals surface area contributed by atoms with E-state index in [0.717, 1.165) is 0 Å². The van der Waals surface area contributed by atoms with E-state index >= 15 is 0 Å². The molecule has 1 unspecified atom stereocenters. The first-order valence-corrected chi connectivity index (χ1v) is 5.27. The number of hydrogen-bond acceptors (Lipinski definition) is 6. The second-order valence-electron chi connectivity index (χ2n) is 3.69. The van der Waals surface area contributed by atoms with E-state index in [1.807, 2.05) is 0 Å². The zero-order chi connectivity index (χ0) is 13.7. The van der Waals surface area contributed by atoms with Gasteiger partial charge in [0.1, 0.15) is 5.75 Å². The third-order valence-electron chi connectivity index (χ3n) is 2.51. The Hall–Kier alpha value is 1.03. The average molecular weight is 329 g/mol. The van der Waals surface area contributed by atoms with Gasteiger partial charge in [-0.25, -0.2) is 0 Å². The molecule has 0 saturated carbocycles. The van der Waals surface area contributed by atoms with Crippen molar-refractivity contribution in [2.24, 2.45) is 0 Å². The quantitative estimate of drug-likeness (QED) is 0.482. The van der Waals surface area contributed by atoms with Crippen molar-refractivity contribution in [2.45, 2.75) is 13.0 Å². The number of rotatable bonds is 6. The Kier molecular flexibility index (Phi) is 13.5. The van der Waals surface area contributed by atoms with Gasteiger partial charge in [-0.1, -0.05) is 0 Å². The van der Waals surface area contributed by atoms with Gasteiger partial charge >= 0.3 is 103 Å². The van der Waals surface area contributed by atoms with Gasteiger partial charge in [-0.05, 0) is 31.2 Å². The van der Waals surface area contributed by atoms with Crippen LogP contribution in [0.3, 0.4) is 0 Å². The Morgan fingerprint density at radius 1 is 1.20 bits per heavy atom. The predicted octanol–water partition coefficient (Wildman–Crippen LogP) is -7.60. The summed E-state index contributed by atoms with van der Waals surface area (Å²) in [5, 5.41) is 21.5. The zero-order valence-electron chi connectivity index (χ0n) is 12.1. The van der Waals surface area contributed by atoms with Crippen molar-refractivity contribution >= 4 is 17.6 Å². The van der Waals surface area contributed by atoms with Gasteiger partial charge in [0, 0.05) is 5.69 Å². The fourth-order valence-electron chi connectivity index (χ4n) is 1.49. The first-order chi connectivity index (χ1) is 8.45. The molecule has 1 aromatic rings. The van der Waals surface area contributed by atoms with E-state index in [1.54, 1.807) is 24.3 Å². The summed E-state index contributed by atoms with van der Waals surface area (Å²) in [5.74, 6) is -2.13. The second-order valence-corrected chi connectivity index (χ2v) is 3.69. The summed E-state index contributed by atoms with van der Waals surface area (Å²) in [7, 11) is 1.50. The predicted molar refractivity (Wildman–Crippen MR) is 59.8 cm³/mol. The minimum absolute atomic E-state index is 0. The number of methoxy groups -OCH3 is 1. The summed E-state index contributed by atoms with van der Waals surface area (Å²) in [5.41, 5.74) is 0.441. The topological polar surface area (TPSA) is 92.7 Å². The van der Waals surface area contributed by atoms with Crippen molar-refractivity contribution in [3.63, 3.8) is 0 Å². The summed E-state index contributed by atoms with van der Waals surface area (Å²) in [6, 6.07) is 5.29. The molecular formula is C12H13K2NO5. The average Bonchev–Trinajstić information content (AvgIpc) is 2.35. The maximum atomic E-state index is 10.8. The van der Waals surface area contributed by atoms with Gasteiger partial charge in [0.05, 0.1) is 31.6 Å². The van der Waals surface area contributed by atoms with Crippen molar-refractivity contribution in [1.29, 1.82) is 0 Å². The number of carboxylic acid groups (broad SMARTS) is 2. The first kappa shape index (κ1) is 23.3. The van der Waals surface area contributed by atoms with Crippen molar-refractivity contribution in [3.8, 4) is 5.75 Å². The number of carbonyl (C=O) groups excluding carboxylic acids is 2. The molecule has 0 radical (unpaired) electrons. The Morgan fingerprint density at radius 3 is 2.05 bits per heavy atom. The summed E-state index contributed by atoms with van der Waals surface area (Å²) in [4.78, 5) is 22.6. The Balaban J connectivity index is 0. The second kappa shape index (κ2) is 11.6. The third-order valence-corrected chi connectivity index (χ3v) is 2.51. The summed E-state index contributed by atoms with van der Waals surface area (Å²) >= 11 is 0. The summed E-state index contributed by atoms with van der Waals surface area (Å²) in [6.45, 7) is 0.823. The molecule has 1 rings (SSSR count). The first-order valence-electron chi connectivity index (χ1n) is 5.27. The molecule has 0 spiro atoms. The Labute approximate surface area is 202 Å². The van der Waals surface area contributed by atoms with Crippen molar-refractivity contribution in [1.82, 2.24) is 0 Å². The van der Waals surface area contributed by atoms with Crippen LogP contribution >= 0.6 is 0 Å². The number of hydrogen-bond donors (Lipinski definition) is 0. The van der Waals surface area contributed by atoms with Crippen molar-refractivity contribution < 1.29 is 127 Å². The number of carbonyl (C=O) groups is 2. The van der Waals surface area contributed by atoms with Crippen LogP contribution in [0.4, 0.5) is 5.69 Å². The number of aliphatic carboxylic acids is 2. The largest absolute Gasteiger partial charge is 1.00 e. The van der Waals surface area contributed by atoms with Crippen molar-refractivity contribution in [3.05, 3.63) is 24.3 Å². The van der Waals surface area contributed by atoms with Gasteiger partial charge in [0.25, 0.3) is 0 Å². The van der Waals surface area contributed by atoms with Crippen LogP contribution in [0.25, 0.3) is 0 Å². The van der Waals surface area contributed by atoms with Crippen LogP contribution in [0.1, 0.15) is 6.92 Å². The fraction of sp³-hybridized carbons (Fsp3) is 0.333. The van der Waals surface area contributed by atoms with Gasteiger partial charge in [-0.3, -0.25) is 0 Å². The minimum Gasteiger partial charge on any atom is -0.548 e. The van der Waals surface area contributed by atoms with Gasteiger partial charge in [-0.15, -0.1) is 0 Å². The van der Waals surface area contributed by atoms with Gasteiger partial charge in [-0.2, -0.15) is 0 Å².